The molecule has 0 bridgehead atoms. The fourth-order valence-electron chi connectivity index (χ4n) is 4.70. The normalized spacial score (nSPS) is 19.9. The van der Waals surface area contributed by atoms with Gasteiger partial charge < -0.3 is 33.5 Å². The van der Waals surface area contributed by atoms with Crippen LogP contribution < -0.4 is 5.32 Å². The molecule has 258 valence electrons. The average molecular weight is 652 g/mol. The van der Waals surface area contributed by atoms with Crippen LogP contribution in [-0.2, 0) is 48.2 Å². The lowest BCUT2D eigenvalue weighted by Crippen LogP contribution is -2.58. The summed E-state index contributed by atoms with van der Waals surface area (Å²) in [6, 6.07) is 4.45. The number of rotatable bonds is 15. The van der Waals surface area contributed by atoms with E-state index >= 15 is 0 Å². The number of carbonyl (C=O) groups excluding carboxylic acids is 4. The quantitative estimate of drug-likeness (QED) is 0.180. The van der Waals surface area contributed by atoms with Crippen LogP contribution in [0.5, 0.6) is 0 Å². The Labute approximate surface area is 270 Å². The van der Waals surface area contributed by atoms with E-state index in [1.54, 1.807) is 53.7 Å². The molecular formula is C33H49NO12. The maximum atomic E-state index is 12.7. The number of esters is 3. The molecule has 13 heteroatoms. The molecule has 2 rings (SSSR count). The summed E-state index contributed by atoms with van der Waals surface area (Å²) in [4.78, 5) is 62.2. The minimum atomic E-state index is -1.27. The van der Waals surface area contributed by atoms with Crippen molar-refractivity contribution in [1.82, 2.24) is 0 Å². The van der Waals surface area contributed by atoms with Gasteiger partial charge in [-0.15, -0.1) is 0 Å². The monoisotopic (exact) mass is 651 g/mol. The van der Waals surface area contributed by atoms with Crippen molar-refractivity contribution in [3.63, 3.8) is 0 Å². The largest absolute Gasteiger partial charge is 0.478 e. The maximum Gasteiger partial charge on any atom is 0.412 e. The van der Waals surface area contributed by atoms with E-state index in [2.05, 4.69) is 5.32 Å². The van der Waals surface area contributed by atoms with E-state index in [0.717, 1.165) is 0 Å². The summed E-state index contributed by atoms with van der Waals surface area (Å²) in [5.74, 6) is -2.89. The lowest BCUT2D eigenvalue weighted by atomic mass is 9.82. The topological polar surface area (TPSA) is 173 Å². The molecule has 1 unspecified atom stereocenters. The molecule has 13 nitrogen and oxygen atoms in total. The van der Waals surface area contributed by atoms with E-state index < -0.39 is 65.6 Å². The van der Waals surface area contributed by atoms with Crippen molar-refractivity contribution < 1.29 is 57.5 Å². The SMILES string of the molecule is CCCC(=O)O[C@H]1[C@H](OC(=O)CCC)COC(OCC(C)(C)c2ccc(NC(=O)OC(C)(C)C)cc2C(=O)O)[C@@H]1OC(=O)CCC. The number of hydrogen-bond acceptors (Lipinski definition) is 11. The highest BCUT2D eigenvalue weighted by Gasteiger charge is 2.48. The number of benzene rings is 1. The molecule has 0 aliphatic carbocycles. The summed E-state index contributed by atoms with van der Waals surface area (Å²) < 4.78 is 34.3. The Balaban J connectivity index is 2.36. The van der Waals surface area contributed by atoms with Crippen LogP contribution in [0.25, 0.3) is 0 Å². The van der Waals surface area contributed by atoms with Crippen LogP contribution in [0, 0.1) is 0 Å². The predicted octanol–water partition coefficient (Wildman–Crippen LogP) is 5.52. The Kier molecular flexibility index (Phi) is 14.4. The van der Waals surface area contributed by atoms with E-state index in [9.17, 15) is 29.1 Å². The summed E-state index contributed by atoms with van der Waals surface area (Å²) in [7, 11) is 0. The van der Waals surface area contributed by atoms with Crippen LogP contribution in [0.3, 0.4) is 0 Å². The predicted molar refractivity (Wildman–Crippen MR) is 166 cm³/mol. The summed E-state index contributed by atoms with van der Waals surface area (Å²) in [6.07, 6.45) is -3.63. The summed E-state index contributed by atoms with van der Waals surface area (Å²) >= 11 is 0. The minimum absolute atomic E-state index is 0.0769. The van der Waals surface area contributed by atoms with Crippen molar-refractivity contribution in [3.8, 4) is 0 Å². The van der Waals surface area contributed by atoms with Crippen molar-refractivity contribution in [1.29, 1.82) is 0 Å². The first-order valence-corrected chi connectivity index (χ1v) is 15.7. The number of ether oxygens (including phenoxy) is 6. The highest BCUT2D eigenvalue weighted by molar-refractivity contribution is 5.93. The Bertz CT molecular complexity index is 1220. The molecule has 0 saturated carbocycles. The molecule has 2 N–H and O–H groups in total. The molecule has 46 heavy (non-hydrogen) atoms. The van der Waals surface area contributed by atoms with Gasteiger partial charge in [-0.3, -0.25) is 19.7 Å². The fourth-order valence-corrected chi connectivity index (χ4v) is 4.70. The molecule has 4 atom stereocenters. The Hall–Kier alpha value is -3.71. The van der Waals surface area contributed by atoms with E-state index in [1.807, 2.05) is 13.8 Å². The summed E-state index contributed by atoms with van der Waals surface area (Å²) in [5.41, 5.74) is -1.15. The number of carbonyl (C=O) groups is 5. The molecule has 1 amide bonds. The molecule has 0 radical (unpaired) electrons. The molecule has 1 aromatic carbocycles. The second-order valence-electron chi connectivity index (χ2n) is 12.8. The van der Waals surface area contributed by atoms with E-state index in [4.69, 9.17) is 28.4 Å². The molecule has 0 spiro atoms. The molecule has 1 heterocycles. The van der Waals surface area contributed by atoms with Crippen molar-refractivity contribution >= 4 is 35.7 Å². The Morgan fingerprint density at radius 1 is 0.848 bits per heavy atom. The van der Waals surface area contributed by atoms with Crippen molar-refractivity contribution in [3.05, 3.63) is 29.3 Å². The number of amides is 1. The van der Waals surface area contributed by atoms with Gasteiger partial charge in [0.1, 0.15) is 5.60 Å². The molecule has 1 aliphatic rings. The van der Waals surface area contributed by atoms with Gasteiger partial charge in [-0.25, -0.2) is 9.59 Å². The third kappa shape index (κ3) is 11.9. The van der Waals surface area contributed by atoms with E-state index in [0.29, 0.717) is 24.8 Å². The zero-order chi connectivity index (χ0) is 34.7. The first-order chi connectivity index (χ1) is 21.5. The zero-order valence-corrected chi connectivity index (χ0v) is 28.1. The third-order valence-electron chi connectivity index (χ3n) is 6.80. The van der Waals surface area contributed by atoms with Crippen molar-refractivity contribution in [2.75, 3.05) is 18.5 Å². The van der Waals surface area contributed by atoms with Crippen molar-refractivity contribution in [2.24, 2.45) is 0 Å². The number of carboxylic acid groups (broad SMARTS) is 1. The number of carboxylic acids is 1. The second kappa shape index (κ2) is 17.3. The lowest BCUT2D eigenvalue weighted by Gasteiger charge is -2.41. The van der Waals surface area contributed by atoms with Crippen LogP contribution in [0.15, 0.2) is 18.2 Å². The molecule has 1 fully saturated rings. The van der Waals surface area contributed by atoms with Crippen LogP contribution in [0.4, 0.5) is 10.5 Å². The summed E-state index contributed by atoms with van der Waals surface area (Å²) in [6.45, 7) is 13.8. The van der Waals surface area contributed by atoms with Crippen LogP contribution in [0.1, 0.15) is 110 Å². The number of nitrogens with one attached hydrogen (secondary N) is 1. The van der Waals surface area contributed by atoms with Gasteiger partial charge >= 0.3 is 30.0 Å². The van der Waals surface area contributed by atoms with Gasteiger partial charge in [-0.1, -0.05) is 40.7 Å². The average Bonchev–Trinajstić information content (AvgIpc) is 2.93. The first kappa shape index (κ1) is 38.5. The first-order valence-electron chi connectivity index (χ1n) is 15.7. The smallest absolute Gasteiger partial charge is 0.412 e. The Morgan fingerprint density at radius 3 is 1.91 bits per heavy atom. The molecule has 0 aromatic heterocycles. The fraction of sp³-hybridized carbons (Fsp3) is 0.667. The molecule has 1 aromatic rings. The minimum Gasteiger partial charge on any atom is -0.478 e. The standard InChI is InChI=1S/C33H49NO12/c1-9-12-24(35)43-23-18-41-30(28(45-26(37)14-11-3)27(23)44-25(36)13-10-2)42-19-33(7,8)22-16-15-20(17-21(22)29(38)39)34-31(40)46-32(4,5)6/h15-17,23,27-28,30H,9-14,18-19H2,1-8H3,(H,34,40)(H,38,39)/t23-,27+,28-,30?/m1/s1. The van der Waals surface area contributed by atoms with E-state index in [-0.39, 0.29) is 43.7 Å². The summed E-state index contributed by atoms with van der Waals surface area (Å²) in [5, 5.41) is 12.6. The number of anilines is 1. The maximum absolute atomic E-state index is 12.7. The van der Waals surface area contributed by atoms with Gasteiger partial charge in [0.25, 0.3) is 0 Å². The van der Waals surface area contributed by atoms with Crippen LogP contribution in [0.2, 0.25) is 0 Å². The van der Waals surface area contributed by atoms with Gasteiger partial charge in [0, 0.05) is 30.4 Å². The molecule has 1 aliphatic heterocycles. The van der Waals surface area contributed by atoms with Crippen LogP contribution >= 0.6 is 0 Å². The van der Waals surface area contributed by atoms with Gasteiger partial charge in [-0.2, -0.15) is 0 Å². The lowest BCUT2D eigenvalue weighted by molar-refractivity contribution is -0.284. The van der Waals surface area contributed by atoms with Gasteiger partial charge in [0.15, 0.2) is 24.6 Å². The third-order valence-corrected chi connectivity index (χ3v) is 6.80. The van der Waals surface area contributed by atoms with Gasteiger partial charge in [0.05, 0.1) is 18.8 Å². The van der Waals surface area contributed by atoms with Gasteiger partial charge in [0.2, 0.25) is 0 Å². The van der Waals surface area contributed by atoms with Gasteiger partial charge in [-0.05, 0) is 57.7 Å². The number of aromatic carboxylic acids is 1. The van der Waals surface area contributed by atoms with E-state index in [1.165, 1.54) is 6.07 Å². The molecule has 1 saturated heterocycles. The Morgan fingerprint density at radius 2 is 1.39 bits per heavy atom. The zero-order valence-electron chi connectivity index (χ0n) is 28.1. The number of hydrogen-bond donors (Lipinski definition) is 2. The molecular weight excluding hydrogens is 602 g/mol. The highest BCUT2D eigenvalue weighted by Crippen LogP contribution is 2.32. The second-order valence-corrected chi connectivity index (χ2v) is 12.8. The van der Waals surface area contributed by atoms with Crippen LogP contribution in [-0.4, -0.2) is 78.5 Å². The highest BCUT2D eigenvalue weighted by atomic mass is 16.7. The van der Waals surface area contributed by atoms with Crippen molar-refractivity contribution in [2.45, 2.75) is 130 Å².